The van der Waals surface area contributed by atoms with Gasteiger partial charge in [0.15, 0.2) is 0 Å². The van der Waals surface area contributed by atoms with Crippen molar-refractivity contribution >= 4 is 23.2 Å². The lowest BCUT2D eigenvalue weighted by molar-refractivity contribution is 0.533. The molecule has 0 saturated heterocycles. The molecule has 2 rings (SSSR count). The average Bonchev–Trinajstić information content (AvgIpc) is 2.48. The van der Waals surface area contributed by atoms with Gasteiger partial charge in [-0.2, -0.15) is 0 Å². The van der Waals surface area contributed by atoms with Gasteiger partial charge >= 0.3 is 0 Å². The van der Waals surface area contributed by atoms with Gasteiger partial charge in [-0.3, -0.25) is 0 Å². The Bertz CT molecular complexity index is 562. The summed E-state index contributed by atoms with van der Waals surface area (Å²) in [7, 11) is 0. The molecule has 0 saturated carbocycles. The van der Waals surface area contributed by atoms with E-state index in [2.05, 4.69) is 0 Å². The normalized spacial score (nSPS) is 11.6. The topological polar surface area (TPSA) is 0 Å². The Hall–Kier alpha value is -1.05. The molecule has 0 N–H and O–H groups in total. The maximum absolute atomic E-state index is 13.2. The zero-order valence-corrected chi connectivity index (χ0v) is 12.9. The van der Waals surface area contributed by atoms with E-state index in [9.17, 15) is 4.39 Å². The third-order valence-electron chi connectivity index (χ3n) is 3.73. The molecule has 0 nitrogen and oxygen atoms in total. The first-order chi connectivity index (χ1) is 9.61. The molecule has 0 aliphatic heterocycles. The molecule has 0 spiro atoms. The Balaban J connectivity index is 2.39. The van der Waals surface area contributed by atoms with E-state index in [1.165, 1.54) is 6.07 Å². The minimum atomic E-state index is -0.326. The lowest BCUT2D eigenvalue weighted by Crippen LogP contribution is -2.33. The summed E-state index contributed by atoms with van der Waals surface area (Å²) in [5.41, 5.74) is 2.80. The summed E-state index contributed by atoms with van der Waals surface area (Å²) in [6, 6.07) is 14.9. The molecule has 3 heteroatoms. The van der Waals surface area contributed by atoms with Crippen molar-refractivity contribution in [2.24, 2.45) is 0 Å². The van der Waals surface area contributed by atoms with Gasteiger partial charge in [0.05, 0.1) is 0 Å². The second kappa shape index (κ2) is 6.60. The second-order valence-corrected chi connectivity index (χ2v) is 5.70. The number of aryl methyl sites for hydroxylation is 1. The zero-order valence-electron chi connectivity index (χ0n) is 11.4. The number of rotatable bonds is 5. The first-order valence-electron chi connectivity index (χ1n) is 6.54. The second-order valence-electron chi connectivity index (χ2n) is 5.16. The molecule has 0 atom stereocenters. The summed E-state index contributed by atoms with van der Waals surface area (Å²) in [5.74, 6) is 0.641. The van der Waals surface area contributed by atoms with E-state index in [1.54, 1.807) is 6.07 Å². The Kier molecular flexibility index (Phi) is 5.06. The maximum Gasteiger partial charge on any atom is 0.123 e. The summed E-state index contributed by atoms with van der Waals surface area (Å²) < 4.78 is 13.2. The summed E-state index contributed by atoms with van der Waals surface area (Å²) in [6.07, 6.45) is 0.704. The van der Waals surface area contributed by atoms with Gasteiger partial charge in [-0.05, 0) is 42.2 Å². The number of benzene rings is 2. The third-order valence-corrected chi connectivity index (χ3v) is 4.75. The van der Waals surface area contributed by atoms with Crippen molar-refractivity contribution in [1.82, 2.24) is 0 Å². The largest absolute Gasteiger partial charge is 0.207 e. The third kappa shape index (κ3) is 3.16. The minimum Gasteiger partial charge on any atom is -0.207 e. The lowest BCUT2D eigenvalue weighted by atomic mass is 9.78. The molecule has 2 aromatic rings. The minimum absolute atomic E-state index is 0.215. The van der Waals surface area contributed by atoms with Crippen LogP contribution < -0.4 is 0 Å². The molecule has 0 aromatic heterocycles. The van der Waals surface area contributed by atoms with Crippen LogP contribution in [0.1, 0.15) is 16.7 Å². The van der Waals surface area contributed by atoms with Crippen LogP contribution in [-0.2, 0) is 11.8 Å². The van der Waals surface area contributed by atoms with Crippen molar-refractivity contribution in [3.63, 3.8) is 0 Å². The number of alkyl halides is 2. The summed E-state index contributed by atoms with van der Waals surface area (Å²) >= 11 is 12.5. The van der Waals surface area contributed by atoms with Gasteiger partial charge < -0.3 is 0 Å². The van der Waals surface area contributed by atoms with Crippen LogP contribution >= 0.6 is 23.2 Å². The molecule has 0 aliphatic rings. The van der Waals surface area contributed by atoms with Crippen LogP contribution in [0.25, 0.3) is 0 Å². The first kappa shape index (κ1) is 15.3. The van der Waals surface area contributed by atoms with Crippen LogP contribution in [-0.4, -0.2) is 11.8 Å². The fourth-order valence-electron chi connectivity index (χ4n) is 2.40. The van der Waals surface area contributed by atoms with Gasteiger partial charge in [-0.1, -0.05) is 36.4 Å². The quantitative estimate of drug-likeness (QED) is 0.675. The Morgan fingerprint density at radius 1 is 1.00 bits per heavy atom. The van der Waals surface area contributed by atoms with Gasteiger partial charge in [-0.25, -0.2) is 4.39 Å². The molecule has 20 heavy (non-hydrogen) atoms. The average molecular weight is 311 g/mol. The van der Waals surface area contributed by atoms with E-state index in [1.807, 2.05) is 43.3 Å². The molecule has 2 aromatic carbocycles. The van der Waals surface area contributed by atoms with Crippen molar-refractivity contribution in [1.29, 1.82) is 0 Å². The van der Waals surface area contributed by atoms with Crippen molar-refractivity contribution in [2.45, 2.75) is 18.8 Å². The highest BCUT2D eigenvalue weighted by Gasteiger charge is 2.31. The zero-order chi connectivity index (χ0) is 14.6. The van der Waals surface area contributed by atoms with E-state index < -0.39 is 0 Å². The molecule has 0 fully saturated rings. The molecular formula is C17H17Cl2F. The van der Waals surface area contributed by atoms with E-state index in [4.69, 9.17) is 23.2 Å². The van der Waals surface area contributed by atoms with Crippen molar-refractivity contribution in [3.8, 4) is 0 Å². The van der Waals surface area contributed by atoms with Crippen molar-refractivity contribution < 1.29 is 4.39 Å². The van der Waals surface area contributed by atoms with Gasteiger partial charge in [0.1, 0.15) is 5.82 Å². The molecule has 106 valence electrons. The Labute approximate surface area is 129 Å². The van der Waals surface area contributed by atoms with Crippen molar-refractivity contribution in [2.75, 3.05) is 11.8 Å². The summed E-state index contributed by atoms with van der Waals surface area (Å²) in [5, 5.41) is 0. The van der Waals surface area contributed by atoms with Gasteiger partial charge in [0.2, 0.25) is 0 Å². The fraction of sp³-hybridized carbons (Fsp3) is 0.294. The Morgan fingerprint density at radius 3 is 2.20 bits per heavy atom. The summed E-state index contributed by atoms with van der Waals surface area (Å²) in [6.45, 7) is 1.91. The predicted octanol–water partition coefficient (Wildman–Crippen LogP) is 5.09. The number of hydrogen-bond acceptors (Lipinski definition) is 0. The van der Waals surface area contributed by atoms with Crippen LogP contribution in [0.15, 0.2) is 48.5 Å². The lowest BCUT2D eigenvalue weighted by Gasteiger charge is -2.31. The van der Waals surface area contributed by atoms with Gasteiger partial charge in [-0.15, -0.1) is 23.2 Å². The fourth-order valence-corrected chi connectivity index (χ4v) is 3.18. The van der Waals surface area contributed by atoms with Crippen LogP contribution in [0.5, 0.6) is 0 Å². The molecule has 0 amide bonds. The van der Waals surface area contributed by atoms with E-state index in [0.29, 0.717) is 18.2 Å². The highest BCUT2D eigenvalue weighted by atomic mass is 35.5. The van der Waals surface area contributed by atoms with E-state index in [0.717, 1.165) is 16.7 Å². The molecule has 0 unspecified atom stereocenters. The summed E-state index contributed by atoms with van der Waals surface area (Å²) in [4.78, 5) is 0. The monoisotopic (exact) mass is 310 g/mol. The highest BCUT2D eigenvalue weighted by molar-refractivity contribution is 6.22. The van der Waals surface area contributed by atoms with Gasteiger partial charge in [0.25, 0.3) is 0 Å². The molecule has 0 aliphatic carbocycles. The van der Waals surface area contributed by atoms with Crippen LogP contribution in [0.2, 0.25) is 0 Å². The molecular weight excluding hydrogens is 294 g/mol. The van der Waals surface area contributed by atoms with Gasteiger partial charge in [0, 0.05) is 17.2 Å². The number of hydrogen-bond donors (Lipinski definition) is 0. The maximum atomic E-state index is 13.2. The van der Waals surface area contributed by atoms with E-state index in [-0.39, 0.29) is 11.2 Å². The van der Waals surface area contributed by atoms with E-state index >= 15 is 0 Å². The smallest absolute Gasteiger partial charge is 0.123 e. The first-order valence-corrected chi connectivity index (χ1v) is 7.61. The molecule has 0 bridgehead atoms. The predicted molar refractivity (Wildman–Crippen MR) is 84.4 cm³/mol. The SMILES string of the molecule is Cc1cc(F)ccc1CC(CCl)(CCl)c1ccccc1. The highest BCUT2D eigenvalue weighted by Crippen LogP contribution is 2.32. The van der Waals surface area contributed by atoms with Crippen LogP contribution in [0, 0.1) is 12.7 Å². The number of halogens is 3. The van der Waals surface area contributed by atoms with Crippen LogP contribution in [0.4, 0.5) is 4.39 Å². The molecule has 0 radical (unpaired) electrons. The van der Waals surface area contributed by atoms with Crippen LogP contribution in [0.3, 0.4) is 0 Å². The Morgan fingerprint density at radius 2 is 1.65 bits per heavy atom. The van der Waals surface area contributed by atoms with Crippen molar-refractivity contribution in [3.05, 3.63) is 71.0 Å². The molecule has 0 heterocycles. The standard InChI is InChI=1S/C17H17Cl2F/c1-13-9-16(20)8-7-14(13)10-17(11-18,12-19)15-5-3-2-4-6-15/h2-9H,10-12H2,1H3.